The van der Waals surface area contributed by atoms with E-state index in [2.05, 4.69) is 4.98 Å². The molecule has 1 heterocycles. The summed E-state index contributed by atoms with van der Waals surface area (Å²) in [5, 5.41) is 12.1. The molecule has 0 aliphatic carbocycles. The molecule has 6 heteroatoms. The molecule has 0 radical (unpaired) electrons. The van der Waals surface area contributed by atoms with E-state index in [-0.39, 0.29) is 0 Å². The van der Waals surface area contributed by atoms with Crippen LogP contribution < -0.4 is 0 Å². The summed E-state index contributed by atoms with van der Waals surface area (Å²) in [5.41, 5.74) is 0. The quantitative estimate of drug-likeness (QED) is 0.634. The number of hydrogen-bond acceptors (Lipinski definition) is 4. The van der Waals surface area contributed by atoms with Crippen molar-refractivity contribution >= 4 is 35.1 Å². The van der Waals surface area contributed by atoms with E-state index in [4.69, 9.17) is 16.9 Å². The number of aromatic nitrogens is 2. The fraction of sp³-hybridized carbons (Fsp3) is 0.0909. The smallest absolute Gasteiger partial charge is 0.172 e. The number of thiocyanates is 1. The first kappa shape index (κ1) is 12.4. The summed E-state index contributed by atoms with van der Waals surface area (Å²) in [6.07, 6.45) is 3.63. The monoisotopic (exact) mass is 281 g/mol. The maximum atomic E-state index is 8.58. The molecule has 3 nitrogen and oxygen atoms in total. The Hall–Kier alpha value is -1.09. The van der Waals surface area contributed by atoms with Crippen LogP contribution in [0.25, 0.3) is 0 Å². The molecule has 0 amide bonds. The molecule has 0 aliphatic heterocycles. The maximum Gasteiger partial charge on any atom is 0.172 e. The Kier molecular flexibility index (Phi) is 4.00. The van der Waals surface area contributed by atoms with Gasteiger partial charge in [-0.1, -0.05) is 23.4 Å². The van der Waals surface area contributed by atoms with Crippen molar-refractivity contribution in [2.24, 2.45) is 7.05 Å². The first-order chi connectivity index (χ1) is 8.20. The molecule has 0 bridgehead atoms. The predicted octanol–water partition coefficient (Wildman–Crippen LogP) is 3.80. The van der Waals surface area contributed by atoms with Crippen LogP contribution in [0, 0.1) is 10.7 Å². The van der Waals surface area contributed by atoms with E-state index in [1.165, 1.54) is 11.8 Å². The van der Waals surface area contributed by atoms with Gasteiger partial charge >= 0.3 is 0 Å². The Labute approximate surface area is 113 Å². The van der Waals surface area contributed by atoms with Gasteiger partial charge < -0.3 is 4.57 Å². The lowest BCUT2D eigenvalue weighted by atomic mass is 10.4. The normalized spacial score (nSPS) is 10.2. The minimum absolute atomic E-state index is 0.637. The predicted molar refractivity (Wildman–Crippen MR) is 70.3 cm³/mol. The Morgan fingerprint density at radius 1 is 1.47 bits per heavy atom. The van der Waals surface area contributed by atoms with Crippen LogP contribution in [-0.2, 0) is 7.05 Å². The van der Waals surface area contributed by atoms with Crippen molar-refractivity contribution in [3.05, 3.63) is 35.6 Å². The average Bonchev–Trinajstić information content (AvgIpc) is 2.69. The Morgan fingerprint density at radius 3 is 2.88 bits per heavy atom. The third-order valence-electron chi connectivity index (χ3n) is 2.05. The van der Waals surface area contributed by atoms with E-state index >= 15 is 0 Å². The van der Waals surface area contributed by atoms with Gasteiger partial charge in [0.2, 0.25) is 0 Å². The third-order valence-corrected chi connectivity index (χ3v) is 4.20. The zero-order valence-corrected chi connectivity index (χ0v) is 11.3. The molecule has 2 rings (SSSR count). The molecule has 0 saturated heterocycles. The zero-order chi connectivity index (χ0) is 12.3. The number of imidazole rings is 1. The van der Waals surface area contributed by atoms with Crippen molar-refractivity contribution in [3.8, 4) is 5.40 Å². The van der Waals surface area contributed by atoms with Crippen molar-refractivity contribution in [2.45, 2.75) is 14.9 Å². The molecule has 17 heavy (non-hydrogen) atoms. The minimum atomic E-state index is 0.637. The number of aryl methyl sites for hydroxylation is 1. The van der Waals surface area contributed by atoms with E-state index in [0.29, 0.717) is 5.02 Å². The van der Waals surface area contributed by atoms with Gasteiger partial charge in [0.15, 0.2) is 5.16 Å². The molecule has 0 atom stereocenters. The number of hydrogen-bond donors (Lipinski definition) is 0. The fourth-order valence-electron chi connectivity index (χ4n) is 1.23. The average molecular weight is 282 g/mol. The Morgan fingerprint density at radius 2 is 2.29 bits per heavy atom. The highest BCUT2D eigenvalue weighted by Gasteiger charge is 2.07. The van der Waals surface area contributed by atoms with Crippen LogP contribution >= 0.6 is 35.1 Å². The van der Waals surface area contributed by atoms with Gasteiger partial charge in [-0.3, -0.25) is 0 Å². The SMILES string of the molecule is Cn1ccnc1Sc1ccc(SC#N)cc1Cl. The number of nitrogens with zero attached hydrogens (tertiary/aromatic N) is 3. The molecule has 0 saturated carbocycles. The first-order valence-electron chi connectivity index (χ1n) is 4.71. The number of halogens is 1. The van der Waals surface area contributed by atoms with Gasteiger partial charge in [0.25, 0.3) is 0 Å². The van der Waals surface area contributed by atoms with Crippen LogP contribution in [0.4, 0.5) is 0 Å². The van der Waals surface area contributed by atoms with Crippen molar-refractivity contribution in [2.75, 3.05) is 0 Å². The third kappa shape index (κ3) is 2.97. The van der Waals surface area contributed by atoms with Gasteiger partial charge in [-0.25, -0.2) is 4.98 Å². The molecule has 2 aromatic rings. The second-order valence-electron chi connectivity index (χ2n) is 3.21. The second kappa shape index (κ2) is 5.50. The van der Waals surface area contributed by atoms with Crippen LogP contribution in [0.2, 0.25) is 5.02 Å². The standard InChI is InChI=1S/C11H8ClN3S2/c1-15-5-4-14-11(15)17-10-3-2-8(16-7-13)6-9(10)12/h2-6H,1H3. The number of benzene rings is 1. The lowest BCUT2D eigenvalue weighted by Crippen LogP contribution is -1.88. The van der Waals surface area contributed by atoms with Crippen LogP contribution in [-0.4, -0.2) is 9.55 Å². The lowest BCUT2D eigenvalue weighted by molar-refractivity contribution is 0.790. The van der Waals surface area contributed by atoms with E-state index in [9.17, 15) is 0 Å². The molecule has 86 valence electrons. The van der Waals surface area contributed by atoms with Crippen LogP contribution in [0.1, 0.15) is 0 Å². The van der Waals surface area contributed by atoms with Crippen LogP contribution in [0.15, 0.2) is 45.5 Å². The van der Waals surface area contributed by atoms with Gasteiger partial charge in [0.05, 0.1) is 5.02 Å². The fourth-order valence-corrected chi connectivity index (χ4v) is 2.82. The highest BCUT2D eigenvalue weighted by molar-refractivity contribution is 8.03. The first-order valence-corrected chi connectivity index (χ1v) is 6.72. The summed E-state index contributed by atoms with van der Waals surface area (Å²) in [5.74, 6) is 0. The summed E-state index contributed by atoms with van der Waals surface area (Å²) < 4.78 is 1.93. The molecule has 0 N–H and O–H groups in total. The molecular weight excluding hydrogens is 274 g/mol. The summed E-state index contributed by atoms with van der Waals surface area (Å²) in [6.45, 7) is 0. The zero-order valence-electron chi connectivity index (χ0n) is 8.92. The number of rotatable bonds is 3. The summed E-state index contributed by atoms with van der Waals surface area (Å²) >= 11 is 8.76. The van der Waals surface area contributed by atoms with Crippen molar-refractivity contribution in [3.63, 3.8) is 0 Å². The van der Waals surface area contributed by atoms with E-state index in [1.807, 2.05) is 35.3 Å². The number of nitriles is 1. The molecule has 0 aliphatic rings. The molecular formula is C11H8ClN3S2. The second-order valence-corrected chi connectivity index (χ2v) is 5.48. The minimum Gasteiger partial charge on any atom is -0.329 e. The molecule has 0 fully saturated rings. The molecule has 1 aromatic heterocycles. The van der Waals surface area contributed by atoms with E-state index in [1.54, 1.807) is 12.3 Å². The lowest BCUT2D eigenvalue weighted by Gasteiger charge is -2.04. The Balaban J connectivity index is 2.23. The molecule has 0 spiro atoms. The van der Waals surface area contributed by atoms with Crippen molar-refractivity contribution in [1.82, 2.24) is 9.55 Å². The summed E-state index contributed by atoms with van der Waals surface area (Å²) in [4.78, 5) is 6.00. The van der Waals surface area contributed by atoms with Gasteiger partial charge in [-0.15, -0.1) is 0 Å². The highest BCUT2D eigenvalue weighted by atomic mass is 35.5. The van der Waals surface area contributed by atoms with E-state index < -0.39 is 0 Å². The molecule has 1 aromatic carbocycles. The van der Waals surface area contributed by atoms with Crippen molar-refractivity contribution in [1.29, 1.82) is 5.26 Å². The van der Waals surface area contributed by atoms with Crippen LogP contribution in [0.3, 0.4) is 0 Å². The van der Waals surface area contributed by atoms with Gasteiger partial charge in [0.1, 0.15) is 5.40 Å². The number of thioether (sulfide) groups is 1. The Bertz CT molecular complexity index is 574. The van der Waals surface area contributed by atoms with Gasteiger partial charge in [-0.2, -0.15) is 5.26 Å². The topological polar surface area (TPSA) is 41.6 Å². The summed E-state index contributed by atoms with van der Waals surface area (Å²) in [6, 6.07) is 5.58. The summed E-state index contributed by atoms with van der Waals surface area (Å²) in [7, 11) is 1.93. The largest absolute Gasteiger partial charge is 0.329 e. The van der Waals surface area contributed by atoms with Gasteiger partial charge in [0, 0.05) is 29.2 Å². The van der Waals surface area contributed by atoms with Crippen LogP contribution in [0.5, 0.6) is 0 Å². The van der Waals surface area contributed by atoms with E-state index in [0.717, 1.165) is 26.7 Å². The highest BCUT2D eigenvalue weighted by Crippen LogP contribution is 2.34. The molecule has 0 unspecified atom stereocenters. The van der Waals surface area contributed by atoms with Gasteiger partial charge in [-0.05, 0) is 30.0 Å². The maximum absolute atomic E-state index is 8.58. The van der Waals surface area contributed by atoms with Crippen molar-refractivity contribution < 1.29 is 0 Å².